The molecule has 0 aliphatic heterocycles. The Morgan fingerprint density at radius 3 is 2.05 bits per heavy atom. The third-order valence-electron chi connectivity index (χ3n) is 3.80. The van der Waals surface area contributed by atoms with Crippen molar-refractivity contribution in [2.24, 2.45) is 5.73 Å². The Morgan fingerprint density at radius 1 is 1.00 bits per heavy atom. The van der Waals surface area contributed by atoms with Crippen molar-refractivity contribution in [3.8, 4) is 0 Å². The summed E-state index contributed by atoms with van der Waals surface area (Å²) < 4.78 is 0. The highest BCUT2D eigenvalue weighted by atomic mass is 32.2. The molecule has 3 N–H and O–H groups in total. The molecule has 21 heavy (non-hydrogen) atoms. The van der Waals surface area contributed by atoms with Gasteiger partial charge in [0.2, 0.25) is 5.91 Å². The third kappa shape index (κ3) is 14.5. The van der Waals surface area contributed by atoms with Gasteiger partial charge in [0.1, 0.15) is 0 Å². The van der Waals surface area contributed by atoms with Crippen LogP contribution in [0.2, 0.25) is 0 Å². The first-order chi connectivity index (χ1) is 10.2. The molecular weight excluding hydrogens is 280 g/mol. The number of nitrogens with one attached hydrogen (secondary N) is 1. The largest absolute Gasteiger partial charge is 0.355 e. The Labute approximate surface area is 136 Å². The SMILES string of the molecule is CCCCCCCCCCCCNC(=O)C(N)CCSC. The summed E-state index contributed by atoms with van der Waals surface area (Å²) in [6.45, 7) is 3.04. The molecule has 1 atom stereocenters. The van der Waals surface area contributed by atoms with Gasteiger partial charge in [0, 0.05) is 6.54 Å². The smallest absolute Gasteiger partial charge is 0.236 e. The topological polar surface area (TPSA) is 55.1 Å². The van der Waals surface area contributed by atoms with Crippen LogP contribution in [0.15, 0.2) is 0 Å². The maximum absolute atomic E-state index is 11.7. The molecule has 0 rings (SSSR count). The second-order valence-corrected chi connectivity index (χ2v) is 6.85. The fraction of sp³-hybridized carbons (Fsp3) is 0.941. The summed E-state index contributed by atoms with van der Waals surface area (Å²) in [4.78, 5) is 11.7. The van der Waals surface area contributed by atoms with E-state index in [4.69, 9.17) is 5.73 Å². The zero-order valence-corrected chi connectivity index (χ0v) is 15.0. The van der Waals surface area contributed by atoms with E-state index >= 15 is 0 Å². The molecule has 0 bridgehead atoms. The van der Waals surface area contributed by atoms with Gasteiger partial charge in [-0.1, -0.05) is 64.7 Å². The molecule has 0 aromatic heterocycles. The fourth-order valence-corrected chi connectivity index (χ4v) is 2.82. The van der Waals surface area contributed by atoms with Crippen LogP contribution >= 0.6 is 11.8 Å². The lowest BCUT2D eigenvalue weighted by Crippen LogP contribution is -2.41. The molecular formula is C17H36N2OS. The van der Waals surface area contributed by atoms with Gasteiger partial charge in [0.25, 0.3) is 0 Å². The van der Waals surface area contributed by atoms with E-state index in [9.17, 15) is 4.79 Å². The van der Waals surface area contributed by atoms with E-state index in [1.807, 2.05) is 6.26 Å². The van der Waals surface area contributed by atoms with E-state index in [1.54, 1.807) is 11.8 Å². The van der Waals surface area contributed by atoms with Crippen molar-refractivity contribution in [1.82, 2.24) is 5.32 Å². The van der Waals surface area contributed by atoms with Crippen molar-refractivity contribution in [2.45, 2.75) is 83.6 Å². The number of hydrogen-bond donors (Lipinski definition) is 2. The van der Waals surface area contributed by atoms with Crippen LogP contribution in [0.3, 0.4) is 0 Å². The van der Waals surface area contributed by atoms with E-state index in [2.05, 4.69) is 12.2 Å². The lowest BCUT2D eigenvalue weighted by Gasteiger charge is -2.11. The van der Waals surface area contributed by atoms with E-state index in [0.29, 0.717) is 0 Å². The summed E-state index contributed by atoms with van der Waals surface area (Å²) in [5.74, 6) is 0.965. The number of rotatable bonds is 15. The van der Waals surface area contributed by atoms with Gasteiger partial charge in [0.05, 0.1) is 6.04 Å². The van der Waals surface area contributed by atoms with Crippen LogP contribution in [-0.4, -0.2) is 30.5 Å². The Kier molecular flexibility index (Phi) is 16.0. The molecule has 0 saturated heterocycles. The number of carbonyl (C=O) groups is 1. The van der Waals surface area contributed by atoms with Crippen molar-refractivity contribution in [2.75, 3.05) is 18.6 Å². The highest BCUT2D eigenvalue weighted by Crippen LogP contribution is 2.10. The number of unbranched alkanes of at least 4 members (excludes halogenated alkanes) is 9. The first kappa shape index (κ1) is 20.8. The Morgan fingerprint density at radius 2 is 1.52 bits per heavy atom. The Bertz CT molecular complexity index is 237. The van der Waals surface area contributed by atoms with Gasteiger partial charge in [0.15, 0.2) is 0 Å². The Hall–Kier alpha value is -0.220. The van der Waals surface area contributed by atoms with Crippen molar-refractivity contribution in [3.05, 3.63) is 0 Å². The van der Waals surface area contributed by atoms with Crippen LogP contribution < -0.4 is 11.1 Å². The van der Waals surface area contributed by atoms with E-state index < -0.39 is 0 Å². The maximum Gasteiger partial charge on any atom is 0.236 e. The summed E-state index contributed by atoms with van der Waals surface area (Å²) in [5, 5.41) is 2.94. The summed E-state index contributed by atoms with van der Waals surface area (Å²) in [6.07, 6.45) is 16.0. The second-order valence-electron chi connectivity index (χ2n) is 5.86. The number of thioether (sulfide) groups is 1. The normalized spacial score (nSPS) is 12.3. The predicted molar refractivity (Wildman–Crippen MR) is 95.8 cm³/mol. The first-order valence-electron chi connectivity index (χ1n) is 8.74. The summed E-state index contributed by atoms with van der Waals surface area (Å²) in [6, 6.07) is -0.333. The molecule has 1 amide bonds. The number of carbonyl (C=O) groups excluding carboxylic acids is 1. The molecule has 3 nitrogen and oxygen atoms in total. The fourth-order valence-electron chi connectivity index (χ4n) is 2.33. The minimum Gasteiger partial charge on any atom is -0.355 e. The number of amides is 1. The van der Waals surface area contributed by atoms with Crippen LogP contribution in [0.1, 0.15) is 77.6 Å². The lowest BCUT2D eigenvalue weighted by molar-refractivity contribution is -0.122. The maximum atomic E-state index is 11.7. The van der Waals surface area contributed by atoms with Crippen LogP contribution in [0.25, 0.3) is 0 Å². The summed E-state index contributed by atoms with van der Waals surface area (Å²) in [5.41, 5.74) is 5.81. The van der Waals surface area contributed by atoms with Gasteiger partial charge in [-0.15, -0.1) is 0 Å². The van der Waals surface area contributed by atoms with Gasteiger partial charge in [-0.25, -0.2) is 0 Å². The van der Waals surface area contributed by atoms with Crippen LogP contribution in [-0.2, 0) is 4.79 Å². The number of nitrogens with two attached hydrogens (primary N) is 1. The highest BCUT2D eigenvalue weighted by molar-refractivity contribution is 7.98. The predicted octanol–water partition coefficient (Wildman–Crippen LogP) is 4.10. The molecule has 0 spiro atoms. The van der Waals surface area contributed by atoms with E-state index in [-0.39, 0.29) is 11.9 Å². The minimum atomic E-state index is -0.333. The van der Waals surface area contributed by atoms with E-state index in [1.165, 1.54) is 57.8 Å². The van der Waals surface area contributed by atoms with Crippen molar-refractivity contribution >= 4 is 17.7 Å². The third-order valence-corrected chi connectivity index (χ3v) is 4.44. The zero-order valence-electron chi connectivity index (χ0n) is 14.2. The van der Waals surface area contributed by atoms with Gasteiger partial charge in [-0.2, -0.15) is 11.8 Å². The standard InChI is InChI=1S/C17H36N2OS/c1-3-4-5-6-7-8-9-10-11-12-14-19-17(20)16(18)13-15-21-2/h16H,3-15,18H2,1-2H3,(H,19,20). The Balaban J connectivity index is 3.23. The average molecular weight is 317 g/mol. The molecule has 0 radical (unpaired) electrons. The molecule has 0 aliphatic rings. The minimum absolute atomic E-state index is 0.0139. The quantitative estimate of drug-likeness (QED) is 0.447. The molecule has 0 fully saturated rings. The number of hydrogen-bond acceptors (Lipinski definition) is 3. The van der Waals surface area contributed by atoms with Crippen molar-refractivity contribution < 1.29 is 4.79 Å². The zero-order chi connectivity index (χ0) is 15.8. The first-order valence-corrected chi connectivity index (χ1v) is 10.1. The average Bonchev–Trinajstić information content (AvgIpc) is 2.49. The second kappa shape index (κ2) is 16.2. The van der Waals surface area contributed by atoms with Gasteiger partial charge in [-0.05, 0) is 24.9 Å². The van der Waals surface area contributed by atoms with Crippen LogP contribution in [0.4, 0.5) is 0 Å². The van der Waals surface area contributed by atoms with E-state index in [0.717, 1.165) is 25.1 Å². The highest BCUT2D eigenvalue weighted by Gasteiger charge is 2.11. The molecule has 0 saturated carbocycles. The van der Waals surface area contributed by atoms with Crippen molar-refractivity contribution in [1.29, 1.82) is 0 Å². The molecule has 0 aromatic carbocycles. The van der Waals surface area contributed by atoms with Gasteiger partial charge in [-0.3, -0.25) is 4.79 Å². The molecule has 0 aromatic rings. The van der Waals surface area contributed by atoms with Crippen LogP contribution in [0, 0.1) is 0 Å². The molecule has 126 valence electrons. The monoisotopic (exact) mass is 316 g/mol. The van der Waals surface area contributed by atoms with Crippen LogP contribution in [0.5, 0.6) is 0 Å². The summed E-state index contributed by atoms with van der Waals surface area (Å²) in [7, 11) is 0. The summed E-state index contributed by atoms with van der Waals surface area (Å²) >= 11 is 1.73. The molecule has 0 aliphatic carbocycles. The molecule has 0 heterocycles. The lowest BCUT2D eigenvalue weighted by atomic mass is 10.1. The van der Waals surface area contributed by atoms with Gasteiger partial charge < -0.3 is 11.1 Å². The molecule has 4 heteroatoms. The molecule has 1 unspecified atom stereocenters. The van der Waals surface area contributed by atoms with Gasteiger partial charge >= 0.3 is 0 Å². The van der Waals surface area contributed by atoms with Crippen molar-refractivity contribution in [3.63, 3.8) is 0 Å².